The van der Waals surface area contributed by atoms with Crippen molar-refractivity contribution in [2.75, 3.05) is 26.2 Å². The van der Waals surface area contributed by atoms with E-state index in [1.165, 1.54) is 0 Å². The van der Waals surface area contributed by atoms with Gasteiger partial charge in [-0.3, -0.25) is 9.59 Å². The van der Waals surface area contributed by atoms with Gasteiger partial charge in [0.1, 0.15) is 5.69 Å². The maximum absolute atomic E-state index is 12.3. The van der Waals surface area contributed by atoms with Gasteiger partial charge in [0.25, 0.3) is 5.91 Å². The van der Waals surface area contributed by atoms with E-state index in [0.29, 0.717) is 36.3 Å². The third-order valence-corrected chi connectivity index (χ3v) is 4.07. The molecule has 2 atom stereocenters. The molecule has 2 amide bonds. The predicted octanol–water partition coefficient (Wildman–Crippen LogP) is -0.0717. The van der Waals surface area contributed by atoms with Crippen LogP contribution in [0.25, 0.3) is 0 Å². The first-order valence-electron chi connectivity index (χ1n) is 6.40. The minimum Gasteiger partial charge on any atom is -0.342 e. The maximum Gasteiger partial charge on any atom is 0.278 e. The highest BCUT2D eigenvalue weighted by atomic mass is 16.6. The molecule has 0 aliphatic carbocycles. The molecule has 0 saturated carbocycles. The molecule has 0 unspecified atom stereocenters. The first-order valence-corrected chi connectivity index (χ1v) is 6.40. The van der Waals surface area contributed by atoms with Gasteiger partial charge >= 0.3 is 0 Å². The molecule has 2 fully saturated rings. The van der Waals surface area contributed by atoms with Crippen molar-refractivity contribution in [2.45, 2.75) is 13.8 Å². The van der Waals surface area contributed by atoms with Gasteiger partial charge in [-0.05, 0) is 12.1 Å². The molecule has 0 bridgehead atoms. The van der Waals surface area contributed by atoms with Crippen LogP contribution in [0.4, 0.5) is 0 Å². The molecule has 1 aromatic heterocycles. The number of rotatable bonds is 1. The molecule has 19 heavy (non-hydrogen) atoms. The largest absolute Gasteiger partial charge is 0.342 e. The van der Waals surface area contributed by atoms with Crippen LogP contribution in [0.5, 0.6) is 0 Å². The first kappa shape index (κ1) is 12.1. The molecule has 2 aliphatic rings. The average Bonchev–Trinajstić information content (AvgIpc) is 3.00. The highest BCUT2D eigenvalue weighted by molar-refractivity contribution is 5.93. The summed E-state index contributed by atoms with van der Waals surface area (Å²) < 4.78 is 4.57. The summed E-state index contributed by atoms with van der Waals surface area (Å²) in [6.07, 6.45) is 0. The molecule has 7 nitrogen and oxygen atoms in total. The summed E-state index contributed by atoms with van der Waals surface area (Å²) in [7, 11) is 0. The monoisotopic (exact) mass is 264 g/mol. The SMILES string of the molecule is CC(=O)N1C[C@@H]2CN(C(=O)c3nonc3C)C[C@@H]2C1. The summed E-state index contributed by atoms with van der Waals surface area (Å²) in [6.45, 7) is 6.16. The minimum atomic E-state index is -0.123. The lowest BCUT2D eigenvalue weighted by molar-refractivity contribution is -0.128. The van der Waals surface area contributed by atoms with Gasteiger partial charge in [0.15, 0.2) is 5.69 Å². The summed E-state index contributed by atoms with van der Waals surface area (Å²) in [5, 5.41) is 7.29. The van der Waals surface area contributed by atoms with Crippen LogP contribution in [-0.2, 0) is 4.79 Å². The van der Waals surface area contributed by atoms with Crippen LogP contribution in [0, 0.1) is 18.8 Å². The standard InChI is InChI=1S/C12H16N4O3/c1-7-11(14-19-13-7)12(18)16-5-9-3-15(8(2)17)4-10(9)6-16/h9-10H,3-6H2,1-2H3/t9-,10+. The zero-order valence-electron chi connectivity index (χ0n) is 11.0. The molecule has 7 heteroatoms. The van der Waals surface area contributed by atoms with Crippen LogP contribution in [0.3, 0.4) is 0 Å². The second-order valence-corrected chi connectivity index (χ2v) is 5.35. The molecular weight excluding hydrogens is 248 g/mol. The second kappa shape index (κ2) is 4.32. The number of hydrogen-bond donors (Lipinski definition) is 0. The molecule has 3 rings (SSSR count). The van der Waals surface area contributed by atoms with Crippen molar-refractivity contribution in [3.05, 3.63) is 11.4 Å². The van der Waals surface area contributed by atoms with Crippen molar-refractivity contribution in [1.29, 1.82) is 0 Å². The number of amides is 2. The first-order chi connectivity index (χ1) is 9.06. The molecule has 102 valence electrons. The van der Waals surface area contributed by atoms with Crippen molar-refractivity contribution in [3.8, 4) is 0 Å². The number of nitrogens with zero attached hydrogens (tertiary/aromatic N) is 4. The zero-order valence-corrected chi connectivity index (χ0v) is 11.0. The van der Waals surface area contributed by atoms with Crippen molar-refractivity contribution in [1.82, 2.24) is 20.1 Å². The number of likely N-dealkylation sites (tertiary alicyclic amines) is 2. The Morgan fingerprint density at radius 2 is 1.68 bits per heavy atom. The van der Waals surface area contributed by atoms with Crippen molar-refractivity contribution in [2.24, 2.45) is 11.8 Å². The van der Waals surface area contributed by atoms with Gasteiger partial charge in [0.05, 0.1) is 0 Å². The van der Waals surface area contributed by atoms with Crippen molar-refractivity contribution < 1.29 is 14.2 Å². The third kappa shape index (κ3) is 1.98. The fourth-order valence-electron chi connectivity index (χ4n) is 2.99. The number of hydrogen-bond acceptors (Lipinski definition) is 5. The van der Waals surface area contributed by atoms with E-state index < -0.39 is 0 Å². The number of aryl methyl sites for hydroxylation is 1. The maximum atomic E-state index is 12.3. The number of carbonyl (C=O) groups is 2. The normalized spacial score (nSPS) is 25.8. The van der Waals surface area contributed by atoms with Crippen LogP contribution in [-0.4, -0.2) is 58.1 Å². The minimum absolute atomic E-state index is 0.115. The zero-order chi connectivity index (χ0) is 13.6. The molecule has 0 radical (unpaired) electrons. The molecular formula is C12H16N4O3. The van der Waals surface area contributed by atoms with Crippen LogP contribution in [0.2, 0.25) is 0 Å². The van der Waals surface area contributed by atoms with Crippen molar-refractivity contribution in [3.63, 3.8) is 0 Å². The van der Waals surface area contributed by atoms with Crippen LogP contribution < -0.4 is 0 Å². The van der Waals surface area contributed by atoms with E-state index in [-0.39, 0.29) is 11.8 Å². The highest BCUT2D eigenvalue weighted by Crippen LogP contribution is 2.31. The Labute approximate surface area is 110 Å². The molecule has 0 spiro atoms. The lowest BCUT2D eigenvalue weighted by Gasteiger charge is -2.20. The van der Waals surface area contributed by atoms with Gasteiger partial charge in [0, 0.05) is 44.9 Å². The van der Waals surface area contributed by atoms with E-state index in [1.54, 1.807) is 18.7 Å². The third-order valence-electron chi connectivity index (χ3n) is 4.07. The quantitative estimate of drug-likeness (QED) is 0.709. The van der Waals surface area contributed by atoms with E-state index in [9.17, 15) is 9.59 Å². The summed E-state index contributed by atoms with van der Waals surface area (Å²) in [4.78, 5) is 27.2. The van der Waals surface area contributed by atoms with E-state index in [2.05, 4.69) is 14.9 Å². The van der Waals surface area contributed by atoms with Crippen LogP contribution in [0.15, 0.2) is 4.63 Å². The number of fused-ring (bicyclic) bond motifs is 1. The second-order valence-electron chi connectivity index (χ2n) is 5.35. The van der Waals surface area contributed by atoms with E-state index in [1.807, 2.05) is 4.90 Å². The van der Waals surface area contributed by atoms with Crippen LogP contribution in [0.1, 0.15) is 23.1 Å². The molecule has 2 aliphatic heterocycles. The molecule has 3 heterocycles. The Bertz CT molecular complexity index is 513. The van der Waals surface area contributed by atoms with Gasteiger partial charge in [0.2, 0.25) is 5.91 Å². The van der Waals surface area contributed by atoms with Gasteiger partial charge in [-0.15, -0.1) is 0 Å². The summed E-state index contributed by atoms with van der Waals surface area (Å²) in [5.41, 5.74) is 0.816. The molecule has 1 aromatic rings. The fraction of sp³-hybridized carbons (Fsp3) is 0.667. The molecule has 0 N–H and O–H groups in total. The van der Waals surface area contributed by atoms with Gasteiger partial charge < -0.3 is 9.80 Å². The van der Waals surface area contributed by atoms with Gasteiger partial charge in [-0.25, -0.2) is 4.63 Å². The Hall–Kier alpha value is -1.92. The lowest BCUT2D eigenvalue weighted by Crippen LogP contribution is -2.35. The van der Waals surface area contributed by atoms with E-state index >= 15 is 0 Å². The number of aromatic nitrogens is 2. The van der Waals surface area contributed by atoms with Crippen molar-refractivity contribution >= 4 is 11.8 Å². The topological polar surface area (TPSA) is 79.5 Å². The lowest BCUT2D eigenvalue weighted by atomic mass is 10.0. The number of carbonyl (C=O) groups excluding carboxylic acids is 2. The molecule has 0 aromatic carbocycles. The molecule has 2 saturated heterocycles. The predicted molar refractivity (Wildman–Crippen MR) is 64.2 cm³/mol. The smallest absolute Gasteiger partial charge is 0.278 e. The Morgan fingerprint density at radius 1 is 1.11 bits per heavy atom. The fourth-order valence-corrected chi connectivity index (χ4v) is 2.99. The Morgan fingerprint density at radius 3 is 2.16 bits per heavy atom. The van der Waals surface area contributed by atoms with E-state index in [0.717, 1.165) is 13.1 Å². The summed E-state index contributed by atoms with van der Waals surface area (Å²) in [5.74, 6) is 0.757. The van der Waals surface area contributed by atoms with Crippen LogP contribution >= 0.6 is 0 Å². The average molecular weight is 264 g/mol. The Balaban J connectivity index is 1.68. The van der Waals surface area contributed by atoms with Gasteiger partial charge in [-0.2, -0.15) is 0 Å². The van der Waals surface area contributed by atoms with E-state index in [4.69, 9.17) is 0 Å². The van der Waals surface area contributed by atoms with Gasteiger partial charge in [-0.1, -0.05) is 5.16 Å². The Kier molecular flexibility index (Phi) is 2.76. The summed E-state index contributed by atoms with van der Waals surface area (Å²) >= 11 is 0. The summed E-state index contributed by atoms with van der Waals surface area (Å²) in [6, 6.07) is 0. The highest BCUT2D eigenvalue weighted by Gasteiger charge is 2.43.